The molecule has 0 unspecified atom stereocenters. The maximum Gasteiger partial charge on any atom is 0.276 e. The monoisotopic (exact) mass is 377 g/mol. The van der Waals surface area contributed by atoms with Gasteiger partial charge in [0, 0.05) is 0 Å². The third kappa shape index (κ3) is 5.96. The molecule has 0 aliphatic heterocycles. The molecule has 0 atom stereocenters. The molecule has 0 spiro atoms. The Bertz CT molecular complexity index is 837. The molecule has 0 bridgehead atoms. The first-order chi connectivity index (χ1) is 12.5. The second-order valence-corrected chi connectivity index (χ2v) is 5.29. The molecule has 0 aromatic heterocycles. The van der Waals surface area contributed by atoms with Crippen molar-refractivity contribution < 1.29 is 23.5 Å². The molecule has 134 valence electrons. The number of nitriles is 1. The maximum absolute atomic E-state index is 12.9. The van der Waals surface area contributed by atoms with Gasteiger partial charge in [0.15, 0.2) is 13.2 Å². The van der Waals surface area contributed by atoms with Crippen molar-refractivity contribution in [3.05, 3.63) is 58.9 Å². The highest BCUT2D eigenvalue weighted by atomic mass is 35.5. The Kier molecular flexibility index (Phi) is 6.76. The predicted octanol–water partition coefficient (Wildman–Crippen LogP) is 1.96. The lowest BCUT2D eigenvalue weighted by Crippen LogP contribution is -2.45. The lowest BCUT2D eigenvalue weighted by atomic mass is 10.2. The summed E-state index contributed by atoms with van der Waals surface area (Å²) in [6, 6.07) is 11.6. The Morgan fingerprint density at radius 2 is 1.65 bits per heavy atom. The van der Waals surface area contributed by atoms with Crippen LogP contribution in [0, 0.1) is 17.1 Å². The van der Waals surface area contributed by atoms with Crippen molar-refractivity contribution in [3.63, 3.8) is 0 Å². The molecule has 2 aromatic rings. The second-order valence-electron chi connectivity index (χ2n) is 4.88. The molecule has 2 N–H and O–H groups in total. The summed E-state index contributed by atoms with van der Waals surface area (Å²) < 4.78 is 23.2. The third-order valence-corrected chi connectivity index (χ3v) is 3.24. The van der Waals surface area contributed by atoms with Crippen LogP contribution in [-0.4, -0.2) is 25.0 Å². The first-order valence-corrected chi connectivity index (χ1v) is 7.64. The van der Waals surface area contributed by atoms with E-state index in [1.165, 1.54) is 6.07 Å². The van der Waals surface area contributed by atoms with Gasteiger partial charge in [0.05, 0.1) is 16.7 Å². The summed E-state index contributed by atoms with van der Waals surface area (Å²) in [7, 11) is 0. The molecular weight excluding hydrogens is 365 g/mol. The molecular formula is C17H13ClFN3O4. The zero-order valence-electron chi connectivity index (χ0n) is 13.3. The van der Waals surface area contributed by atoms with Crippen molar-refractivity contribution >= 4 is 23.4 Å². The van der Waals surface area contributed by atoms with E-state index in [1.54, 1.807) is 24.3 Å². The highest BCUT2D eigenvalue weighted by Gasteiger charge is 2.09. The van der Waals surface area contributed by atoms with E-state index in [2.05, 4.69) is 10.9 Å². The fourth-order valence-corrected chi connectivity index (χ4v) is 1.94. The number of hydrazine groups is 1. The van der Waals surface area contributed by atoms with Gasteiger partial charge in [-0.25, -0.2) is 4.39 Å². The van der Waals surface area contributed by atoms with Crippen molar-refractivity contribution in [2.75, 3.05) is 13.2 Å². The highest BCUT2D eigenvalue weighted by molar-refractivity contribution is 6.32. The average molecular weight is 378 g/mol. The lowest BCUT2D eigenvalue weighted by Gasteiger charge is -2.10. The molecule has 0 aliphatic rings. The number of hydrogen-bond acceptors (Lipinski definition) is 5. The summed E-state index contributed by atoms with van der Waals surface area (Å²) in [5.41, 5.74) is 4.75. The topological polar surface area (TPSA) is 100 Å². The predicted molar refractivity (Wildman–Crippen MR) is 89.8 cm³/mol. The van der Waals surface area contributed by atoms with Gasteiger partial charge >= 0.3 is 0 Å². The van der Waals surface area contributed by atoms with E-state index in [4.69, 9.17) is 26.3 Å². The van der Waals surface area contributed by atoms with Gasteiger partial charge in [0.2, 0.25) is 0 Å². The zero-order valence-corrected chi connectivity index (χ0v) is 14.0. The Hall–Kier alpha value is -3.31. The van der Waals surface area contributed by atoms with Crippen molar-refractivity contribution in [2.45, 2.75) is 0 Å². The van der Waals surface area contributed by atoms with E-state index in [1.807, 2.05) is 6.07 Å². The Morgan fingerprint density at radius 3 is 2.23 bits per heavy atom. The summed E-state index contributed by atoms with van der Waals surface area (Å²) in [5.74, 6) is -1.22. The van der Waals surface area contributed by atoms with Crippen LogP contribution in [0.4, 0.5) is 4.39 Å². The standard InChI is InChI=1S/C17H13ClFN3O4/c18-14-7-12(19)3-6-15(14)26-10-17(24)22-21-16(23)9-25-13-4-1-11(8-20)2-5-13/h1-7H,9-10H2,(H,21,23)(H,22,24). The van der Waals surface area contributed by atoms with Crippen LogP contribution in [0.3, 0.4) is 0 Å². The number of ether oxygens (including phenoxy) is 2. The molecule has 26 heavy (non-hydrogen) atoms. The van der Waals surface area contributed by atoms with E-state index in [0.717, 1.165) is 12.1 Å². The van der Waals surface area contributed by atoms with Crippen LogP contribution in [0.5, 0.6) is 11.5 Å². The van der Waals surface area contributed by atoms with Crippen molar-refractivity contribution in [3.8, 4) is 17.6 Å². The number of halogens is 2. The number of carbonyl (C=O) groups is 2. The number of rotatable bonds is 6. The highest BCUT2D eigenvalue weighted by Crippen LogP contribution is 2.24. The normalized spacial score (nSPS) is 9.73. The lowest BCUT2D eigenvalue weighted by molar-refractivity contribution is -0.131. The molecule has 9 heteroatoms. The number of benzene rings is 2. The molecule has 7 nitrogen and oxygen atoms in total. The van der Waals surface area contributed by atoms with Crippen molar-refractivity contribution in [2.24, 2.45) is 0 Å². The molecule has 2 aromatic carbocycles. The minimum absolute atomic E-state index is 0.0256. The molecule has 0 fully saturated rings. The minimum atomic E-state index is -0.642. The van der Waals surface area contributed by atoms with Gasteiger partial charge < -0.3 is 9.47 Å². The largest absolute Gasteiger partial charge is 0.484 e. The summed E-state index contributed by atoms with van der Waals surface area (Å²) in [6.07, 6.45) is 0. The molecule has 0 radical (unpaired) electrons. The Balaban J connectivity index is 1.69. The van der Waals surface area contributed by atoms with Crippen LogP contribution in [0.15, 0.2) is 42.5 Å². The SMILES string of the molecule is N#Cc1ccc(OCC(=O)NNC(=O)COc2ccc(F)cc2Cl)cc1. The smallest absolute Gasteiger partial charge is 0.276 e. The quantitative estimate of drug-likeness (QED) is 0.749. The number of nitrogens with one attached hydrogen (secondary N) is 2. The first-order valence-electron chi connectivity index (χ1n) is 7.26. The van der Waals surface area contributed by atoms with Crippen molar-refractivity contribution in [1.29, 1.82) is 5.26 Å². The summed E-state index contributed by atoms with van der Waals surface area (Å²) in [4.78, 5) is 23.2. The molecule has 2 amide bonds. The van der Waals surface area contributed by atoms with E-state index >= 15 is 0 Å². The van der Waals surface area contributed by atoms with Gasteiger partial charge in [-0.15, -0.1) is 0 Å². The maximum atomic E-state index is 12.9. The van der Waals surface area contributed by atoms with Crippen LogP contribution in [0.25, 0.3) is 0 Å². The molecule has 0 aliphatic carbocycles. The first kappa shape index (κ1) is 19.0. The Labute approximate surface area is 153 Å². The van der Waals surface area contributed by atoms with Crippen LogP contribution in [0.2, 0.25) is 5.02 Å². The van der Waals surface area contributed by atoms with Gasteiger partial charge in [0.25, 0.3) is 11.8 Å². The van der Waals surface area contributed by atoms with E-state index in [-0.39, 0.29) is 17.4 Å². The fourth-order valence-electron chi connectivity index (χ4n) is 1.72. The Morgan fingerprint density at radius 1 is 1.04 bits per heavy atom. The third-order valence-electron chi connectivity index (χ3n) is 2.95. The van der Waals surface area contributed by atoms with Gasteiger partial charge in [0.1, 0.15) is 17.3 Å². The second kappa shape index (κ2) is 9.25. The molecule has 2 rings (SSSR count). The van der Waals surface area contributed by atoms with E-state index in [9.17, 15) is 14.0 Å². The van der Waals surface area contributed by atoms with E-state index in [0.29, 0.717) is 11.3 Å². The number of amides is 2. The van der Waals surface area contributed by atoms with Gasteiger partial charge in [-0.05, 0) is 42.5 Å². The average Bonchev–Trinajstić information content (AvgIpc) is 2.64. The van der Waals surface area contributed by atoms with Gasteiger partial charge in [-0.1, -0.05) is 11.6 Å². The minimum Gasteiger partial charge on any atom is -0.484 e. The fraction of sp³-hybridized carbons (Fsp3) is 0.118. The number of hydrogen-bond donors (Lipinski definition) is 2. The summed E-state index contributed by atoms with van der Waals surface area (Å²) in [5, 5.41) is 8.71. The van der Waals surface area contributed by atoms with Gasteiger partial charge in [-0.3, -0.25) is 20.4 Å². The van der Waals surface area contributed by atoms with Crippen LogP contribution in [0.1, 0.15) is 5.56 Å². The van der Waals surface area contributed by atoms with Crippen LogP contribution in [-0.2, 0) is 9.59 Å². The molecule has 0 heterocycles. The van der Waals surface area contributed by atoms with E-state index < -0.39 is 24.2 Å². The number of carbonyl (C=O) groups excluding carboxylic acids is 2. The summed E-state index contributed by atoms with van der Waals surface area (Å²) >= 11 is 5.76. The van der Waals surface area contributed by atoms with Crippen molar-refractivity contribution in [1.82, 2.24) is 10.9 Å². The van der Waals surface area contributed by atoms with Gasteiger partial charge in [-0.2, -0.15) is 5.26 Å². The summed E-state index contributed by atoms with van der Waals surface area (Å²) in [6.45, 7) is -0.765. The molecule has 0 saturated carbocycles. The van der Waals surface area contributed by atoms with Crippen LogP contribution < -0.4 is 20.3 Å². The number of nitrogens with zero attached hydrogens (tertiary/aromatic N) is 1. The molecule has 0 saturated heterocycles. The zero-order chi connectivity index (χ0) is 18.9. The van der Waals surface area contributed by atoms with Crippen LogP contribution >= 0.6 is 11.6 Å².